The van der Waals surface area contributed by atoms with Gasteiger partial charge in [0.2, 0.25) is 15.9 Å². The molecule has 2 aliphatic rings. The Balaban J connectivity index is 1.43. The van der Waals surface area contributed by atoms with Crippen LogP contribution in [-0.2, 0) is 14.8 Å². The Kier molecular flexibility index (Phi) is 5.52. The largest absolute Gasteiger partial charge is 0.345 e. The summed E-state index contributed by atoms with van der Waals surface area (Å²) in [4.78, 5) is 21.7. The molecule has 10 heteroatoms. The van der Waals surface area contributed by atoms with Gasteiger partial charge in [-0.15, -0.1) is 0 Å². The van der Waals surface area contributed by atoms with Crippen LogP contribution in [-0.4, -0.2) is 73.5 Å². The average Bonchev–Trinajstić information content (AvgIpc) is 3.10. The summed E-state index contributed by atoms with van der Waals surface area (Å²) in [5.74, 6) is -0.0687. The maximum atomic E-state index is 13.0. The molecule has 0 aliphatic carbocycles. The highest BCUT2D eigenvalue weighted by molar-refractivity contribution is 7.88. The summed E-state index contributed by atoms with van der Waals surface area (Å²) in [5, 5.41) is 1.63. The molecule has 2 saturated heterocycles. The van der Waals surface area contributed by atoms with Gasteiger partial charge < -0.3 is 9.80 Å². The number of halogens is 1. The molecule has 0 N–H and O–H groups in total. The molecular weight excluding hydrogens is 420 g/mol. The summed E-state index contributed by atoms with van der Waals surface area (Å²) < 4.78 is 26.5. The lowest BCUT2D eigenvalue weighted by molar-refractivity contribution is -0.136. The molecule has 4 rings (SSSR count). The number of carbonyl (C=O) groups excluding carboxylic acids is 1. The first-order valence-electron chi connectivity index (χ1n) is 9.39. The monoisotopic (exact) mass is 442 g/mol. The summed E-state index contributed by atoms with van der Waals surface area (Å²) in [5.41, 5.74) is 0.925. The molecule has 0 bridgehead atoms. The number of benzene rings is 1. The fraction of sp³-hybridized carbons (Fsp3) is 0.556. The lowest BCUT2D eigenvalue weighted by atomic mass is 10.0. The Morgan fingerprint density at radius 2 is 1.93 bits per heavy atom. The third-order valence-electron chi connectivity index (χ3n) is 5.37. The first kappa shape index (κ1) is 19.9. The van der Waals surface area contributed by atoms with Crippen LogP contribution in [0, 0.1) is 0 Å². The van der Waals surface area contributed by atoms with Gasteiger partial charge in [-0.3, -0.25) is 4.79 Å². The van der Waals surface area contributed by atoms with Crippen LogP contribution in [0.15, 0.2) is 18.2 Å². The molecule has 2 fully saturated rings. The highest BCUT2D eigenvalue weighted by Crippen LogP contribution is 2.31. The lowest BCUT2D eigenvalue weighted by Crippen LogP contribution is -2.57. The van der Waals surface area contributed by atoms with E-state index in [9.17, 15) is 13.2 Å². The van der Waals surface area contributed by atoms with Crippen LogP contribution in [0.2, 0.25) is 5.02 Å². The number of hydrogen-bond donors (Lipinski definition) is 0. The number of piperidine rings is 1. The normalized spacial score (nSPS) is 22.0. The molecule has 1 unspecified atom stereocenters. The van der Waals surface area contributed by atoms with Crippen LogP contribution in [0.1, 0.15) is 19.3 Å². The van der Waals surface area contributed by atoms with Crippen LogP contribution in [0.3, 0.4) is 0 Å². The fourth-order valence-electron chi connectivity index (χ4n) is 3.90. The van der Waals surface area contributed by atoms with E-state index in [4.69, 9.17) is 11.6 Å². The highest BCUT2D eigenvalue weighted by Gasteiger charge is 2.37. The van der Waals surface area contributed by atoms with Gasteiger partial charge in [-0.05, 0) is 31.0 Å². The van der Waals surface area contributed by atoms with Gasteiger partial charge in [0.05, 0.1) is 16.5 Å². The smallest absolute Gasteiger partial charge is 0.241 e. The van der Waals surface area contributed by atoms with E-state index in [2.05, 4.69) is 9.88 Å². The summed E-state index contributed by atoms with van der Waals surface area (Å²) in [7, 11) is -3.37. The van der Waals surface area contributed by atoms with E-state index in [1.165, 1.54) is 10.6 Å². The Bertz CT molecular complexity index is 986. The molecule has 0 radical (unpaired) electrons. The zero-order valence-electron chi connectivity index (χ0n) is 15.7. The van der Waals surface area contributed by atoms with E-state index in [1.807, 2.05) is 18.2 Å². The van der Waals surface area contributed by atoms with Crippen molar-refractivity contribution in [2.24, 2.45) is 0 Å². The van der Waals surface area contributed by atoms with Crippen molar-refractivity contribution in [3.05, 3.63) is 23.2 Å². The molecule has 1 aromatic heterocycles. The molecule has 2 aliphatic heterocycles. The minimum atomic E-state index is -3.37. The molecule has 3 heterocycles. The molecule has 2 aromatic rings. The second-order valence-corrected chi connectivity index (χ2v) is 10.7. The second kappa shape index (κ2) is 7.78. The number of amides is 1. The van der Waals surface area contributed by atoms with Crippen molar-refractivity contribution >= 4 is 54.2 Å². The minimum absolute atomic E-state index is 0.0687. The first-order chi connectivity index (χ1) is 13.3. The maximum Gasteiger partial charge on any atom is 0.241 e. The minimum Gasteiger partial charge on any atom is -0.345 e. The number of fused-ring (bicyclic) bond motifs is 1. The maximum absolute atomic E-state index is 13.0. The van der Waals surface area contributed by atoms with Crippen LogP contribution < -0.4 is 4.90 Å². The predicted octanol–water partition coefficient (Wildman–Crippen LogP) is 2.41. The Labute approximate surface area is 173 Å². The van der Waals surface area contributed by atoms with Crippen LogP contribution in [0.4, 0.5) is 5.13 Å². The van der Waals surface area contributed by atoms with Gasteiger partial charge >= 0.3 is 0 Å². The second-order valence-electron chi connectivity index (χ2n) is 7.31. The molecule has 0 spiro atoms. The zero-order chi connectivity index (χ0) is 19.9. The van der Waals surface area contributed by atoms with Crippen molar-refractivity contribution in [2.75, 3.05) is 43.9 Å². The van der Waals surface area contributed by atoms with Crippen molar-refractivity contribution < 1.29 is 13.2 Å². The van der Waals surface area contributed by atoms with Gasteiger partial charge in [0.1, 0.15) is 6.04 Å². The zero-order valence-corrected chi connectivity index (χ0v) is 18.1. The Morgan fingerprint density at radius 1 is 1.18 bits per heavy atom. The first-order valence-corrected chi connectivity index (χ1v) is 12.4. The molecule has 0 saturated carbocycles. The van der Waals surface area contributed by atoms with Gasteiger partial charge in [-0.25, -0.2) is 13.4 Å². The number of sulfonamides is 1. The van der Waals surface area contributed by atoms with Crippen molar-refractivity contribution in [3.63, 3.8) is 0 Å². The van der Waals surface area contributed by atoms with Crippen LogP contribution >= 0.6 is 22.9 Å². The molecular formula is C18H23ClN4O3S2. The van der Waals surface area contributed by atoms with Crippen LogP contribution in [0.25, 0.3) is 10.2 Å². The Morgan fingerprint density at radius 3 is 2.64 bits per heavy atom. The Hall–Kier alpha value is -1.42. The summed E-state index contributed by atoms with van der Waals surface area (Å²) >= 11 is 7.66. The number of piperazine rings is 1. The number of hydrogen-bond acceptors (Lipinski definition) is 6. The lowest BCUT2D eigenvalue weighted by Gasteiger charge is -2.39. The molecule has 1 atom stereocenters. The van der Waals surface area contributed by atoms with E-state index < -0.39 is 16.1 Å². The molecule has 7 nitrogen and oxygen atoms in total. The highest BCUT2D eigenvalue weighted by atomic mass is 35.5. The summed E-state index contributed by atoms with van der Waals surface area (Å²) in [6.45, 7) is 2.95. The molecule has 152 valence electrons. The number of carbonyl (C=O) groups is 1. The summed E-state index contributed by atoms with van der Waals surface area (Å²) in [6, 6.07) is 5.11. The van der Waals surface area contributed by atoms with E-state index in [-0.39, 0.29) is 5.91 Å². The molecule has 1 amide bonds. The molecule has 28 heavy (non-hydrogen) atoms. The molecule has 1 aromatic carbocycles. The van der Waals surface area contributed by atoms with Gasteiger partial charge in [0.15, 0.2) is 5.13 Å². The van der Waals surface area contributed by atoms with Crippen molar-refractivity contribution in [1.29, 1.82) is 0 Å². The topological polar surface area (TPSA) is 73.8 Å². The third-order valence-corrected chi connectivity index (χ3v) is 7.97. The van der Waals surface area contributed by atoms with Gasteiger partial charge in [-0.1, -0.05) is 29.4 Å². The summed E-state index contributed by atoms with van der Waals surface area (Å²) in [6.07, 6.45) is 3.49. The average molecular weight is 443 g/mol. The van der Waals surface area contributed by atoms with Crippen LogP contribution in [0.5, 0.6) is 0 Å². The van der Waals surface area contributed by atoms with Crippen molar-refractivity contribution in [1.82, 2.24) is 14.2 Å². The van der Waals surface area contributed by atoms with Gasteiger partial charge in [0.25, 0.3) is 0 Å². The quantitative estimate of drug-likeness (QED) is 0.729. The number of nitrogens with zero attached hydrogens (tertiary/aromatic N) is 4. The number of thiazole rings is 1. The van der Waals surface area contributed by atoms with E-state index in [1.54, 1.807) is 16.2 Å². The van der Waals surface area contributed by atoms with Crippen molar-refractivity contribution in [3.8, 4) is 0 Å². The standard InChI is InChI=1S/C18H23ClN4O3S2/c1-28(25,26)23-7-3-2-4-15(23)17(24)21-8-10-22(11-9-21)18-20-14-6-5-13(19)12-16(14)27-18/h5-6,12,15H,2-4,7-11H2,1H3. The third kappa shape index (κ3) is 3.98. The van der Waals surface area contributed by atoms with Gasteiger partial charge in [-0.2, -0.15) is 4.31 Å². The number of rotatable bonds is 3. The fourth-order valence-corrected chi connectivity index (χ4v) is 6.31. The SMILES string of the molecule is CS(=O)(=O)N1CCCCC1C(=O)N1CCN(c2nc3ccc(Cl)cc3s2)CC1. The van der Waals surface area contributed by atoms with E-state index in [0.717, 1.165) is 28.2 Å². The van der Waals surface area contributed by atoms with E-state index >= 15 is 0 Å². The predicted molar refractivity (Wildman–Crippen MR) is 113 cm³/mol. The number of aromatic nitrogens is 1. The number of anilines is 1. The van der Waals surface area contributed by atoms with Gasteiger partial charge in [0, 0.05) is 37.7 Å². The van der Waals surface area contributed by atoms with E-state index in [0.29, 0.717) is 44.2 Å². The van der Waals surface area contributed by atoms with Crippen molar-refractivity contribution in [2.45, 2.75) is 25.3 Å².